The fraction of sp³-hybridized carbons (Fsp3) is 0.200. The van der Waals surface area contributed by atoms with Crippen LogP contribution in [0.5, 0.6) is 0 Å². The number of rotatable bonds is 4. The van der Waals surface area contributed by atoms with Crippen LogP contribution >= 0.6 is 0 Å². The number of nitrogens with zero attached hydrogens (tertiary/aromatic N) is 2. The minimum atomic E-state index is 1.07. The SMILES string of the molecule is C(=C\N1CCN(/C=C/c2ccccc2)CC1)/c1ccccc1. The lowest BCUT2D eigenvalue weighted by molar-refractivity contribution is 0.220. The molecular formula is C20H22N2. The molecule has 1 aliphatic rings. The van der Waals surface area contributed by atoms with Gasteiger partial charge in [-0.3, -0.25) is 0 Å². The molecule has 1 aliphatic heterocycles. The lowest BCUT2D eigenvalue weighted by atomic mass is 10.2. The molecule has 1 saturated heterocycles. The molecule has 3 rings (SSSR count). The topological polar surface area (TPSA) is 6.48 Å². The fourth-order valence-electron chi connectivity index (χ4n) is 2.55. The second kappa shape index (κ2) is 7.51. The van der Waals surface area contributed by atoms with Crippen LogP contribution in [-0.4, -0.2) is 36.0 Å². The highest BCUT2D eigenvalue weighted by molar-refractivity contribution is 5.49. The third kappa shape index (κ3) is 4.26. The fourth-order valence-corrected chi connectivity index (χ4v) is 2.55. The first-order valence-electron chi connectivity index (χ1n) is 7.85. The molecule has 2 aromatic carbocycles. The second-order valence-corrected chi connectivity index (χ2v) is 5.52. The van der Waals surface area contributed by atoms with E-state index in [4.69, 9.17) is 0 Å². The molecule has 0 atom stereocenters. The molecule has 2 heteroatoms. The van der Waals surface area contributed by atoms with Gasteiger partial charge in [-0.25, -0.2) is 0 Å². The van der Waals surface area contributed by atoms with Crippen LogP contribution < -0.4 is 0 Å². The molecule has 0 bridgehead atoms. The van der Waals surface area contributed by atoms with E-state index in [1.54, 1.807) is 0 Å². The number of hydrogen-bond donors (Lipinski definition) is 0. The Kier molecular flexibility index (Phi) is 4.93. The molecule has 1 heterocycles. The summed E-state index contributed by atoms with van der Waals surface area (Å²) in [6.07, 6.45) is 8.81. The molecule has 0 spiro atoms. The molecule has 0 amide bonds. The Balaban J connectivity index is 1.48. The molecule has 0 saturated carbocycles. The lowest BCUT2D eigenvalue weighted by Crippen LogP contribution is -2.41. The van der Waals surface area contributed by atoms with Gasteiger partial charge in [0.2, 0.25) is 0 Å². The van der Waals surface area contributed by atoms with Crippen molar-refractivity contribution in [3.05, 3.63) is 84.2 Å². The predicted octanol–water partition coefficient (Wildman–Crippen LogP) is 3.95. The smallest absolute Gasteiger partial charge is 0.0349 e. The lowest BCUT2D eigenvalue weighted by Gasteiger charge is -2.33. The zero-order chi connectivity index (χ0) is 15.0. The predicted molar refractivity (Wildman–Crippen MR) is 94.1 cm³/mol. The van der Waals surface area contributed by atoms with Gasteiger partial charge in [-0.2, -0.15) is 0 Å². The van der Waals surface area contributed by atoms with Crippen molar-refractivity contribution >= 4 is 12.2 Å². The van der Waals surface area contributed by atoms with Gasteiger partial charge in [0.1, 0.15) is 0 Å². The molecular weight excluding hydrogens is 268 g/mol. The van der Waals surface area contributed by atoms with Crippen molar-refractivity contribution in [2.24, 2.45) is 0 Å². The van der Waals surface area contributed by atoms with Crippen molar-refractivity contribution in [3.8, 4) is 0 Å². The van der Waals surface area contributed by atoms with Gasteiger partial charge >= 0.3 is 0 Å². The van der Waals surface area contributed by atoms with Gasteiger partial charge in [0.05, 0.1) is 0 Å². The Morgan fingerprint density at radius 3 is 1.27 bits per heavy atom. The van der Waals surface area contributed by atoms with Crippen LogP contribution in [0, 0.1) is 0 Å². The van der Waals surface area contributed by atoms with Gasteiger partial charge in [-0.1, -0.05) is 60.7 Å². The van der Waals surface area contributed by atoms with Gasteiger partial charge in [0.25, 0.3) is 0 Å². The average molecular weight is 290 g/mol. The third-order valence-electron chi connectivity index (χ3n) is 3.90. The molecule has 0 aromatic heterocycles. The summed E-state index contributed by atoms with van der Waals surface area (Å²) in [5.41, 5.74) is 2.52. The third-order valence-corrected chi connectivity index (χ3v) is 3.90. The highest BCUT2D eigenvalue weighted by Crippen LogP contribution is 2.08. The molecule has 1 fully saturated rings. The molecule has 0 radical (unpaired) electrons. The zero-order valence-electron chi connectivity index (χ0n) is 12.8. The van der Waals surface area contributed by atoms with E-state index in [9.17, 15) is 0 Å². The molecule has 0 aliphatic carbocycles. The molecule has 2 aromatic rings. The normalized spacial score (nSPS) is 15.8. The summed E-state index contributed by atoms with van der Waals surface area (Å²) in [4.78, 5) is 4.78. The maximum Gasteiger partial charge on any atom is 0.0349 e. The summed E-state index contributed by atoms with van der Waals surface area (Å²) in [5.74, 6) is 0. The Morgan fingerprint density at radius 2 is 0.909 bits per heavy atom. The van der Waals surface area contributed by atoms with Gasteiger partial charge in [-0.15, -0.1) is 0 Å². The molecule has 2 nitrogen and oxygen atoms in total. The minimum Gasteiger partial charge on any atom is -0.374 e. The van der Waals surface area contributed by atoms with Gasteiger partial charge in [-0.05, 0) is 35.7 Å². The van der Waals surface area contributed by atoms with Crippen molar-refractivity contribution in [1.82, 2.24) is 9.80 Å². The van der Waals surface area contributed by atoms with Crippen LogP contribution in [-0.2, 0) is 0 Å². The Morgan fingerprint density at radius 1 is 0.545 bits per heavy atom. The van der Waals surface area contributed by atoms with Gasteiger partial charge < -0.3 is 9.80 Å². The van der Waals surface area contributed by atoms with Gasteiger partial charge in [0.15, 0.2) is 0 Å². The summed E-state index contributed by atoms with van der Waals surface area (Å²) in [6, 6.07) is 20.9. The van der Waals surface area contributed by atoms with E-state index in [2.05, 4.69) is 95.0 Å². The van der Waals surface area contributed by atoms with Crippen LogP contribution in [0.4, 0.5) is 0 Å². The average Bonchev–Trinajstić information content (AvgIpc) is 2.61. The van der Waals surface area contributed by atoms with E-state index in [1.165, 1.54) is 11.1 Å². The van der Waals surface area contributed by atoms with E-state index in [1.807, 2.05) is 0 Å². The second-order valence-electron chi connectivity index (χ2n) is 5.52. The van der Waals surface area contributed by atoms with Crippen molar-refractivity contribution < 1.29 is 0 Å². The molecule has 112 valence electrons. The first kappa shape index (κ1) is 14.5. The largest absolute Gasteiger partial charge is 0.374 e. The summed E-state index contributed by atoms with van der Waals surface area (Å²) < 4.78 is 0. The number of benzene rings is 2. The summed E-state index contributed by atoms with van der Waals surface area (Å²) >= 11 is 0. The quantitative estimate of drug-likeness (QED) is 0.841. The number of hydrogen-bond acceptors (Lipinski definition) is 2. The zero-order valence-corrected chi connectivity index (χ0v) is 12.8. The summed E-state index contributed by atoms with van der Waals surface area (Å²) in [7, 11) is 0. The van der Waals surface area contributed by atoms with E-state index < -0.39 is 0 Å². The Bertz CT molecular complexity index is 551. The van der Waals surface area contributed by atoms with Crippen LogP contribution in [0.15, 0.2) is 73.1 Å². The first-order valence-corrected chi connectivity index (χ1v) is 7.85. The highest BCUT2D eigenvalue weighted by atomic mass is 15.2. The van der Waals surface area contributed by atoms with Crippen LogP contribution in [0.25, 0.3) is 12.2 Å². The Labute approximate surface area is 133 Å². The van der Waals surface area contributed by atoms with E-state index in [0.29, 0.717) is 0 Å². The van der Waals surface area contributed by atoms with Crippen molar-refractivity contribution in [1.29, 1.82) is 0 Å². The maximum atomic E-state index is 2.39. The Hall–Kier alpha value is -2.48. The van der Waals surface area contributed by atoms with Crippen molar-refractivity contribution in [2.75, 3.05) is 26.2 Å². The number of piperazine rings is 1. The first-order chi connectivity index (χ1) is 10.9. The van der Waals surface area contributed by atoms with Crippen LogP contribution in [0.2, 0.25) is 0 Å². The maximum absolute atomic E-state index is 2.39. The highest BCUT2D eigenvalue weighted by Gasteiger charge is 2.10. The summed E-state index contributed by atoms with van der Waals surface area (Å²) in [5, 5.41) is 0. The minimum absolute atomic E-state index is 1.07. The van der Waals surface area contributed by atoms with E-state index >= 15 is 0 Å². The monoisotopic (exact) mass is 290 g/mol. The van der Waals surface area contributed by atoms with Crippen LogP contribution in [0.1, 0.15) is 11.1 Å². The molecule has 0 N–H and O–H groups in total. The van der Waals surface area contributed by atoms with Gasteiger partial charge in [0, 0.05) is 26.2 Å². The summed E-state index contributed by atoms with van der Waals surface area (Å²) in [6.45, 7) is 4.29. The standard InChI is InChI=1S/C20H22N2/c1-3-7-19(8-4-1)11-13-21-15-17-22(18-16-21)14-12-20-9-5-2-6-10-20/h1-14H,15-18H2/b13-11+,14-12+. The molecule has 0 unspecified atom stereocenters. The molecule has 22 heavy (non-hydrogen) atoms. The van der Waals surface area contributed by atoms with E-state index in [0.717, 1.165) is 26.2 Å². The van der Waals surface area contributed by atoms with Crippen molar-refractivity contribution in [2.45, 2.75) is 0 Å². The van der Waals surface area contributed by atoms with Crippen LogP contribution in [0.3, 0.4) is 0 Å². The van der Waals surface area contributed by atoms with Crippen molar-refractivity contribution in [3.63, 3.8) is 0 Å². The van der Waals surface area contributed by atoms with E-state index in [-0.39, 0.29) is 0 Å².